The molecule has 4 rings (SSSR count). The van der Waals surface area contributed by atoms with Gasteiger partial charge >= 0.3 is 0 Å². The largest absolute Gasteiger partial charge is 0.497 e. The van der Waals surface area contributed by atoms with Gasteiger partial charge in [-0.15, -0.1) is 0 Å². The van der Waals surface area contributed by atoms with Crippen LogP contribution >= 0.6 is 0 Å². The van der Waals surface area contributed by atoms with E-state index in [1.54, 1.807) is 7.11 Å². The summed E-state index contributed by atoms with van der Waals surface area (Å²) in [4.78, 5) is 28.6. The van der Waals surface area contributed by atoms with Gasteiger partial charge in [0.2, 0.25) is 11.9 Å². The van der Waals surface area contributed by atoms with Gasteiger partial charge in [0.05, 0.1) is 13.5 Å². The lowest BCUT2D eigenvalue weighted by molar-refractivity contribution is -0.130. The second kappa shape index (κ2) is 8.68. The molecule has 7 nitrogen and oxygen atoms in total. The lowest BCUT2D eigenvalue weighted by Gasteiger charge is -2.36. The fourth-order valence-electron chi connectivity index (χ4n) is 3.97. The number of methoxy groups -OCH3 is 1. The molecule has 2 fully saturated rings. The van der Waals surface area contributed by atoms with E-state index in [0.717, 1.165) is 68.0 Å². The number of nitrogens with zero attached hydrogens (tertiary/aromatic N) is 5. The molecule has 2 aliphatic heterocycles. The molecule has 0 N–H and O–H groups in total. The van der Waals surface area contributed by atoms with Gasteiger partial charge in [-0.25, -0.2) is 4.98 Å². The first-order valence-electron chi connectivity index (χ1n) is 10.4. The number of carbonyl (C=O) groups is 1. The average molecular weight is 396 g/mol. The Balaban J connectivity index is 1.35. The lowest BCUT2D eigenvalue weighted by atomic mass is 10.1. The van der Waals surface area contributed by atoms with Gasteiger partial charge < -0.3 is 19.4 Å². The van der Waals surface area contributed by atoms with Crippen molar-refractivity contribution in [3.05, 3.63) is 41.6 Å². The van der Waals surface area contributed by atoms with Gasteiger partial charge in [0.15, 0.2) is 0 Å². The topological polar surface area (TPSA) is 61.8 Å². The van der Waals surface area contributed by atoms with Crippen LogP contribution in [0.2, 0.25) is 0 Å². The van der Waals surface area contributed by atoms with Crippen molar-refractivity contribution >= 4 is 17.7 Å². The van der Waals surface area contributed by atoms with E-state index < -0.39 is 0 Å². The molecule has 3 heterocycles. The number of amides is 1. The SMILES string of the molecule is COc1ccc(CC(=O)N2CCN(c3cc(C)nc(N4CCCC4)n3)CC2)cc1. The van der Waals surface area contributed by atoms with Crippen molar-refractivity contribution in [3.8, 4) is 5.75 Å². The Morgan fingerprint density at radius 1 is 0.966 bits per heavy atom. The summed E-state index contributed by atoms with van der Waals surface area (Å²) >= 11 is 0. The van der Waals surface area contributed by atoms with Crippen LogP contribution in [0.15, 0.2) is 30.3 Å². The highest BCUT2D eigenvalue weighted by molar-refractivity contribution is 5.79. The molecule has 0 unspecified atom stereocenters. The molecular weight excluding hydrogens is 366 g/mol. The van der Waals surface area contributed by atoms with Crippen LogP contribution in [0.1, 0.15) is 24.1 Å². The van der Waals surface area contributed by atoms with Crippen LogP contribution in [0.4, 0.5) is 11.8 Å². The first-order chi connectivity index (χ1) is 14.1. The Morgan fingerprint density at radius 2 is 1.66 bits per heavy atom. The van der Waals surface area contributed by atoms with E-state index in [9.17, 15) is 4.79 Å². The van der Waals surface area contributed by atoms with Crippen molar-refractivity contribution < 1.29 is 9.53 Å². The van der Waals surface area contributed by atoms with Crippen molar-refractivity contribution in [1.29, 1.82) is 0 Å². The maximum absolute atomic E-state index is 12.7. The second-order valence-corrected chi connectivity index (χ2v) is 7.75. The van der Waals surface area contributed by atoms with Crippen molar-refractivity contribution in [1.82, 2.24) is 14.9 Å². The average Bonchev–Trinajstić information content (AvgIpc) is 3.29. The van der Waals surface area contributed by atoms with E-state index in [2.05, 4.69) is 20.9 Å². The Bertz CT molecular complexity index is 841. The monoisotopic (exact) mass is 395 g/mol. The number of ether oxygens (including phenoxy) is 1. The molecular formula is C22H29N5O2. The Hall–Kier alpha value is -2.83. The normalized spacial score (nSPS) is 17.0. The van der Waals surface area contributed by atoms with E-state index in [4.69, 9.17) is 9.72 Å². The van der Waals surface area contributed by atoms with Gasteiger partial charge in [-0.2, -0.15) is 4.98 Å². The predicted octanol–water partition coefficient (Wildman–Crippen LogP) is 2.29. The van der Waals surface area contributed by atoms with Crippen LogP contribution < -0.4 is 14.5 Å². The summed E-state index contributed by atoms with van der Waals surface area (Å²) in [6, 6.07) is 9.76. The smallest absolute Gasteiger partial charge is 0.227 e. The molecule has 0 saturated carbocycles. The first-order valence-corrected chi connectivity index (χ1v) is 10.4. The minimum atomic E-state index is 0.173. The Labute approximate surface area is 172 Å². The van der Waals surface area contributed by atoms with Gasteiger partial charge in [0, 0.05) is 51.0 Å². The molecule has 0 spiro atoms. The maximum Gasteiger partial charge on any atom is 0.227 e. The maximum atomic E-state index is 12.7. The number of hydrogen-bond donors (Lipinski definition) is 0. The fraction of sp³-hybridized carbons (Fsp3) is 0.500. The van der Waals surface area contributed by atoms with Crippen LogP contribution in [0.5, 0.6) is 5.75 Å². The molecule has 1 amide bonds. The van der Waals surface area contributed by atoms with Crippen LogP contribution in [-0.2, 0) is 11.2 Å². The van der Waals surface area contributed by atoms with E-state index in [0.29, 0.717) is 6.42 Å². The molecule has 0 aliphatic carbocycles. The third-order valence-electron chi connectivity index (χ3n) is 5.69. The molecule has 7 heteroatoms. The quantitative estimate of drug-likeness (QED) is 0.774. The third kappa shape index (κ3) is 4.60. The summed E-state index contributed by atoms with van der Waals surface area (Å²) in [6.07, 6.45) is 2.85. The van der Waals surface area contributed by atoms with Gasteiger partial charge in [0.25, 0.3) is 0 Å². The molecule has 0 bridgehead atoms. The Morgan fingerprint density at radius 3 is 2.31 bits per heavy atom. The number of carbonyl (C=O) groups excluding carboxylic acids is 1. The van der Waals surface area contributed by atoms with Crippen molar-refractivity contribution in [2.75, 3.05) is 56.2 Å². The predicted molar refractivity (Wildman–Crippen MR) is 114 cm³/mol. The molecule has 2 aromatic rings. The minimum Gasteiger partial charge on any atom is -0.497 e. The van der Waals surface area contributed by atoms with E-state index in [1.165, 1.54) is 12.8 Å². The summed E-state index contributed by atoms with van der Waals surface area (Å²) < 4.78 is 5.18. The van der Waals surface area contributed by atoms with Crippen molar-refractivity contribution in [2.45, 2.75) is 26.2 Å². The van der Waals surface area contributed by atoms with E-state index in [1.807, 2.05) is 36.1 Å². The van der Waals surface area contributed by atoms with Crippen LogP contribution in [0.3, 0.4) is 0 Å². The minimum absolute atomic E-state index is 0.173. The molecule has 1 aromatic carbocycles. The second-order valence-electron chi connectivity index (χ2n) is 7.75. The zero-order valence-electron chi connectivity index (χ0n) is 17.3. The number of aromatic nitrogens is 2. The molecule has 154 valence electrons. The van der Waals surface area contributed by atoms with Crippen LogP contribution in [0.25, 0.3) is 0 Å². The summed E-state index contributed by atoms with van der Waals surface area (Å²) in [5.74, 6) is 2.80. The van der Waals surface area contributed by atoms with Gasteiger partial charge in [-0.05, 0) is 37.5 Å². The number of aryl methyl sites for hydroxylation is 1. The molecule has 2 aliphatic rings. The standard InChI is InChI=1S/C22H29N5O2/c1-17-15-20(24-22(23-17)27-9-3-4-10-27)25-11-13-26(14-12-25)21(28)16-18-5-7-19(29-2)8-6-18/h5-8,15H,3-4,9-14,16H2,1-2H3. The van der Waals surface area contributed by atoms with Gasteiger partial charge in [-0.3, -0.25) is 4.79 Å². The number of rotatable bonds is 5. The molecule has 1 aromatic heterocycles. The first kappa shape index (κ1) is 19.5. The van der Waals surface area contributed by atoms with E-state index >= 15 is 0 Å². The van der Waals surface area contributed by atoms with Crippen LogP contribution in [-0.4, -0.2) is 67.2 Å². The number of piperazine rings is 1. The summed E-state index contributed by atoms with van der Waals surface area (Å²) in [5, 5.41) is 0. The Kier molecular flexibility index (Phi) is 5.83. The summed E-state index contributed by atoms with van der Waals surface area (Å²) in [7, 11) is 1.65. The zero-order valence-corrected chi connectivity index (χ0v) is 17.3. The summed E-state index contributed by atoms with van der Waals surface area (Å²) in [5.41, 5.74) is 2.01. The van der Waals surface area contributed by atoms with Crippen molar-refractivity contribution in [3.63, 3.8) is 0 Å². The third-order valence-corrected chi connectivity index (χ3v) is 5.69. The number of benzene rings is 1. The molecule has 0 atom stereocenters. The molecule has 0 radical (unpaired) electrons. The summed E-state index contributed by atoms with van der Waals surface area (Å²) in [6.45, 7) is 7.13. The lowest BCUT2D eigenvalue weighted by Crippen LogP contribution is -2.49. The van der Waals surface area contributed by atoms with Gasteiger partial charge in [-0.1, -0.05) is 12.1 Å². The highest BCUT2D eigenvalue weighted by atomic mass is 16.5. The van der Waals surface area contributed by atoms with Crippen molar-refractivity contribution in [2.24, 2.45) is 0 Å². The number of hydrogen-bond acceptors (Lipinski definition) is 6. The molecule has 29 heavy (non-hydrogen) atoms. The van der Waals surface area contributed by atoms with E-state index in [-0.39, 0.29) is 5.91 Å². The molecule has 2 saturated heterocycles. The van der Waals surface area contributed by atoms with Crippen LogP contribution in [0, 0.1) is 6.92 Å². The zero-order chi connectivity index (χ0) is 20.2. The fourth-order valence-corrected chi connectivity index (χ4v) is 3.97. The number of anilines is 2. The highest BCUT2D eigenvalue weighted by Gasteiger charge is 2.23. The van der Waals surface area contributed by atoms with Gasteiger partial charge in [0.1, 0.15) is 11.6 Å². The highest BCUT2D eigenvalue weighted by Crippen LogP contribution is 2.22.